The van der Waals surface area contributed by atoms with Crippen molar-refractivity contribution in [1.29, 1.82) is 0 Å². The Bertz CT molecular complexity index is 448. The summed E-state index contributed by atoms with van der Waals surface area (Å²) in [6.07, 6.45) is -4.65. The van der Waals surface area contributed by atoms with Crippen LogP contribution in [0, 0.1) is 0 Å². The molecule has 4 nitrogen and oxygen atoms in total. The normalized spacial score (nSPS) is 14.9. The lowest BCUT2D eigenvalue weighted by molar-refractivity contribution is -0.140. The zero-order chi connectivity index (χ0) is 15.3. The van der Waals surface area contributed by atoms with Crippen LogP contribution in [0.3, 0.4) is 0 Å². The molecule has 1 heterocycles. The highest BCUT2D eigenvalue weighted by atomic mass is 32.1. The van der Waals surface area contributed by atoms with E-state index in [4.69, 9.17) is 4.74 Å². The number of hydrogen-bond donors (Lipinski definition) is 1. The molecule has 2 atom stereocenters. The van der Waals surface area contributed by atoms with Crippen LogP contribution in [0.1, 0.15) is 43.9 Å². The predicted octanol–water partition coefficient (Wildman–Crippen LogP) is 3.15. The molecule has 0 spiro atoms. The average molecular weight is 310 g/mol. The average Bonchev–Trinajstić information content (AvgIpc) is 2.85. The number of carbonyl (C=O) groups excluding carboxylic acids is 1. The molecule has 8 heteroatoms. The molecule has 0 fully saturated rings. The van der Waals surface area contributed by atoms with Crippen molar-refractivity contribution in [3.8, 4) is 0 Å². The van der Waals surface area contributed by atoms with Crippen molar-refractivity contribution in [2.24, 2.45) is 0 Å². The number of hydrogen-bond acceptors (Lipinski definition) is 4. The predicted molar refractivity (Wildman–Crippen MR) is 69.4 cm³/mol. The lowest BCUT2D eigenvalue weighted by Crippen LogP contribution is -2.37. The molecule has 0 aliphatic heterocycles. The lowest BCUT2D eigenvalue weighted by Gasteiger charge is -2.18. The smallest absolute Gasteiger partial charge is 0.369 e. The Labute approximate surface area is 119 Å². The summed E-state index contributed by atoms with van der Waals surface area (Å²) in [6.45, 7) is 5.51. The molecule has 0 bridgehead atoms. The highest BCUT2D eigenvalue weighted by Gasteiger charge is 2.34. The third-order valence-corrected chi connectivity index (χ3v) is 3.58. The Kier molecular flexibility index (Phi) is 5.94. The Balaban J connectivity index is 2.76. The Morgan fingerprint density at radius 1 is 1.50 bits per heavy atom. The third-order valence-electron chi connectivity index (χ3n) is 2.62. The molecule has 114 valence electrons. The van der Waals surface area contributed by atoms with Crippen LogP contribution < -0.4 is 5.32 Å². The fourth-order valence-electron chi connectivity index (χ4n) is 1.53. The second kappa shape index (κ2) is 7.03. The minimum atomic E-state index is -4.46. The van der Waals surface area contributed by atoms with E-state index >= 15 is 0 Å². The quantitative estimate of drug-likeness (QED) is 0.878. The largest absolute Gasteiger partial charge is 0.434 e. The molecule has 1 N–H and O–H groups in total. The monoisotopic (exact) mass is 310 g/mol. The van der Waals surface area contributed by atoms with Crippen LogP contribution in [0.15, 0.2) is 5.38 Å². The van der Waals surface area contributed by atoms with E-state index < -0.39 is 24.0 Å². The summed E-state index contributed by atoms with van der Waals surface area (Å²) in [5.41, 5.74) is -0.928. The van der Waals surface area contributed by atoms with Crippen molar-refractivity contribution in [3.63, 3.8) is 0 Å². The Morgan fingerprint density at radius 2 is 2.15 bits per heavy atom. The number of aromatic nitrogens is 1. The summed E-state index contributed by atoms with van der Waals surface area (Å²) in [5.74, 6) is -0.359. The Morgan fingerprint density at radius 3 is 2.60 bits per heavy atom. The summed E-state index contributed by atoms with van der Waals surface area (Å²) < 4.78 is 42.6. The molecule has 0 aliphatic carbocycles. The minimum absolute atomic E-state index is 0.247. The van der Waals surface area contributed by atoms with Gasteiger partial charge in [-0.05, 0) is 20.3 Å². The van der Waals surface area contributed by atoms with Gasteiger partial charge in [0.05, 0.1) is 6.04 Å². The number of carbonyl (C=O) groups is 1. The van der Waals surface area contributed by atoms with Gasteiger partial charge in [-0.15, -0.1) is 11.3 Å². The fraction of sp³-hybridized carbons (Fsp3) is 0.667. The lowest BCUT2D eigenvalue weighted by atomic mass is 10.2. The number of thiazole rings is 1. The van der Waals surface area contributed by atoms with Gasteiger partial charge in [-0.25, -0.2) is 4.98 Å². The van der Waals surface area contributed by atoms with Crippen LogP contribution in [-0.4, -0.2) is 23.6 Å². The zero-order valence-electron chi connectivity index (χ0n) is 11.5. The van der Waals surface area contributed by atoms with Crippen LogP contribution in [-0.2, 0) is 15.7 Å². The van der Waals surface area contributed by atoms with Crippen LogP contribution in [0.4, 0.5) is 13.2 Å². The SMILES string of the molecule is CCO[C@@H](C)C(=O)N[C@H](CC)c1nc(C(F)(F)F)cs1. The van der Waals surface area contributed by atoms with E-state index in [2.05, 4.69) is 10.3 Å². The van der Waals surface area contributed by atoms with Crippen LogP contribution in [0.2, 0.25) is 0 Å². The summed E-state index contributed by atoms with van der Waals surface area (Å²) in [6, 6.07) is -0.536. The van der Waals surface area contributed by atoms with E-state index in [9.17, 15) is 18.0 Å². The molecule has 0 aromatic carbocycles. The number of nitrogens with zero attached hydrogens (tertiary/aromatic N) is 1. The molecule has 1 aromatic rings. The van der Waals surface area contributed by atoms with Crippen molar-refractivity contribution in [2.75, 3.05) is 6.61 Å². The van der Waals surface area contributed by atoms with E-state index in [1.54, 1.807) is 20.8 Å². The van der Waals surface area contributed by atoms with Crippen LogP contribution in [0.5, 0.6) is 0 Å². The number of rotatable bonds is 6. The number of amides is 1. The van der Waals surface area contributed by atoms with Crippen molar-refractivity contribution in [3.05, 3.63) is 16.1 Å². The van der Waals surface area contributed by atoms with Gasteiger partial charge in [0.25, 0.3) is 0 Å². The molecular formula is C12H17F3N2O2S. The van der Waals surface area contributed by atoms with Crippen molar-refractivity contribution in [1.82, 2.24) is 10.3 Å². The molecule has 0 saturated carbocycles. The first kappa shape index (κ1) is 16.9. The molecule has 20 heavy (non-hydrogen) atoms. The van der Waals surface area contributed by atoms with E-state index in [1.807, 2.05) is 0 Å². The first-order valence-corrected chi connectivity index (χ1v) is 7.12. The molecule has 0 unspecified atom stereocenters. The number of halogens is 3. The standard InChI is InChI=1S/C12H17F3N2O2S/c1-4-8(16-10(18)7(3)19-5-2)11-17-9(6-20-11)12(13,14)15/h6-8H,4-5H2,1-3H3,(H,16,18)/t7-,8+/m0/s1. The van der Waals surface area contributed by atoms with Gasteiger partial charge in [-0.3, -0.25) is 4.79 Å². The fourth-order valence-corrected chi connectivity index (χ4v) is 2.49. The summed E-state index contributed by atoms with van der Waals surface area (Å²) >= 11 is 0.890. The van der Waals surface area contributed by atoms with Gasteiger partial charge in [-0.2, -0.15) is 13.2 Å². The van der Waals surface area contributed by atoms with Gasteiger partial charge in [0.1, 0.15) is 11.1 Å². The summed E-state index contributed by atoms with van der Waals surface area (Å²) in [5, 5.41) is 3.85. The topological polar surface area (TPSA) is 51.2 Å². The van der Waals surface area contributed by atoms with E-state index in [1.165, 1.54) is 0 Å². The maximum atomic E-state index is 12.5. The van der Waals surface area contributed by atoms with Crippen molar-refractivity contribution < 1.29 is 22.7 Å². The molecule has 0 aliphatic rings. The second-order valence-corrected chi connectivity index (χ2v) is 5.03. The number of ether oxygens (including phenoxy) is 1. The first-order valence-electron chi connectivity index (χ1n) is 6.24. The third kappa shape index (κ3) is 4.45. The van der Waals surface area contributed by atoms with Crippen molar-refractivity contribution >= 4 is 17.2 Å². The van der Waals surface area contributed by atoms with Crippen LogP contribution >= 0.6 is 11.3 Å². The Hall–Kier alpha value is -1.15. The van der Waals surface area contributed by atoms with Crippen LogP contribution in [0.25, 0.3) is 0 Å². The van der Waals surface area contributed by atoms with E-state index in [0.717, 1.165) is 16.7 Å². The maximum absolute atomic E-state index is 12.5. The molecule has 1 aromatic heterocycles. The number of nitrogens with one attached hydrogen (secondary N) is 1. The van der Waals surface area contributed by atoms with Gasteiger partial charge >= 0.3 is 6.18 Å². The van der Waals surface area contributed by atoms with Gasteiger partial charge < -0.3 is 10.1 Å². The molecule has 0 saturated heterocycles. The van der Waals surface area contributed by atoms with Gasteiger partial charge in [-0.1, -0.05) is 6.92 Å². The minimum Gasteiger partial charge on any atom is -0.369 e. The van der Waals surface area contributed by atoms with E-state index in [-0.39, 0.29) is 10.9 Å². The number of alkyl halides is 3. The highest BCUT2D eigenvalue weighted by molar-refractivity contribution is 7.09. The second-order valence-electron chi connectivity index (χ2n) is 4.14. The van der Waals surface area contributed by atoms with Crippen molar-refractivity contribution in [2.45, 2.75) is 45.5 Å². The first-order chi connectivity index (χ1) is 9.29. The molecular weight excluding hydrogens is 293 g/mol. The van der Waals surface area contributed by atoms with Gasteiger partial charge in [0.2, 0.25) is 5.91 Å². The zero-order valence-corrected chi connectivity index (χ0v) is 12.3. The van der Waals surface area contributed by atoms with Gasteiger partial charge in [0.15, 0.2) is 5.69 Å². The molecule has 1 rings (SSSR count). The highest BCUT2D eigenvalue weighted by Crippen LogP contribution is 2.32. The van der Waals surface area contributed by atoms with E-state index in [0.29, 0.717) is 13.0 Å². The molecule has 0 radical (unpaired) electrons. The summed E-state index contributed by atoms with van der Waals surface area (Å²) in [4.78, 5) is 15.3. The molecule has 1 amide bonds. The van der Waals surface area contributed by atoms with Gasteiger partial charge in [0, 0.05) is 12.0 Å². The summed E-state index contributed by atoms with van der Waals surface area (Å²) in [7, 11) is 0. The maximum Gasteiger partial charge on any atom is 0.434 e.